The van der Waals surface area contributed by atoms with E-state index in [9.17, 15) is 14.0 Å². The van der Waals surface area contributed by atoms with Crippen molar-refractivity contribution in [3.8, 4) is 5.75 Å². The molecule has 2 aliphatic rings. The Morgan fingerprint density at radius 1 is 1.28 bits per heavy atom. The lowest BCUT2D eigenvalue weighted by Crippen LogP contribution is -2.47. The number of halogens is 2. The molecule has 1 amide bonds. The third-order valence-corrected chi connectivity index (χ3v) is 6.77. The van der Waals surface area contributed by atoms with Crippen LogP contribution in [-0.2, 0) is 19.1 Å². The second-order valence-corrected chi connectivity index (χ2v) is 9.58. The number of aromatic nitrogens is 2. The number of nitrogens with zero attached hydrogens (tertiary/aromatic N) is 3. The molecule has 3 heterocycles. The highest BCUT2D eigenvalue weighted by molar-refractivity contribution is 6.31. The molecule has 0 radical (unpaired) electrons. The predicted octanol–water partition coefficient (Wildman–Crippen LogP) is 4.08. The first-order valence-electron chi connectivity index (χ1n) is 12.5. The van der Waals surface area contributed by atoms with E-state index in [0.717, 1.165) is 6.42 Å². The Morgan fingerprint density at radius 3 is 2.95 bits per heavy atom. The molecule has 0 bridgehead atoms. The molecule has 12 heteroatoms. The van der Waals surface area contributed by atoms with Crippen LogP contribution in [-0.4, -0.2) is 71.8 Å². The molecule has 0 saturated carbocycles. The van der Waals surface area contributed by atoms with E-state index in [1.165, 1.54) is 24.5 Å². The zero-order chi connectivity index (χ0) is 27.4. The zero-order valence-corrected chi connectivity index (χ0v) is 21.9. The van der Waals surface area contributed by atoms with Crippen molar-refractivity contribution in [3.63, 3.8) is 0 Å². The van der Waals surface area contributed by atoms with Gasteiger partial charge in [-0.3, -0.25) is 14.5 Å². The van der Waals surface area contributed by atoms with Gasteiger partial charge in [0.2, 0.25) is 5.91 Å². The summed E-state index contributed by atoms with van der Waals surface area (Å²) in [5.74, 6) is -0.287. The number of rotatable bonds is 8. The zero-order valence-electron chi connectivity index (χ0n) is 21.2. The lowest BCUT2D eigenvalue weighted by atomic mass is 10.1. The van der Waals surface area contributed by atoms with E-state index in [0.29, 0.717) is 66.8 Å². The summed E-state index contributed by atoms with van der Waals surface area (Å²) in [6.07, 6.45) is 5.08. The Bertz CT molecular complexity index is 1410. The highest BCUT2D eigenvalue weighted by atomic mass is 35.5. The van der Waals surface area contributed by atoms with Crippen LogP contribution in [0.5, 0.6) is 5.75 Å². The first-order valence-corrected chi connectivity index (χ1v) is 12.9. The van der Waals surface area contributed by atoms with Crippen LogP contribution in [0.4, 0.5) is 21.6 Å². The molecule has 5 rings (SSSR count). The van der Waals surface area contributed by atoms with Crippen molar-refractivity contribution in [2.45, 2.75) is 25.5 Å². The normalized spacial score (nSPS) is 19.8. The van der Waals surface area contributed by atoms with Gasteiger partial charge in [0.1, 0.15) is 42.5 Å². The van der Waals surface area contributed by atoms with Gasteiger partial charge in [0.15, 0.2) is 0 Å². The average molecular weight is 556 g/mol. The smallest absolute Gasteiger partial charge is 0.323 e. The molecule has 0 unspecified atom stereocenters. The number of amides is 1. The van der Waals surface area contributed by atoms with Crippen molar-refractivity contribution in [1.29, 1.82) is 0 Å². The molecule has 2 N–H and O–H groups in total. The Labute approximate surface area is 229 Å². The van der Waals surface area contributed by atoms with Crippen LogP contribution in [0, 0.1) is 5.82 Å². The summed E-state index contributed by atoms with van der Waals surface area (Å²) in [6.45, 7) is 4.17. The second kappa shape index (κ2) is 11.9. The maximum absolute atomic E-state index is 13.6. The summed E-state index contributed by atoms with van der Waals surface area (Å²) < 4.78 is 30.3. The van der Waals surface area contributed by atoms with Gasteiger partial charge in [0.25, 0.3) is 0 Å². The number of hydrogen-bond acceptors (Lipinski definition) is 9. The Hall–Kier alpha value is -3.80. The summed E-state index contributed by atoms with van der Waals surface area (Å²) in [6, 6.07) is 7.35. The van der Waals surface area contributed by atoms with Gasteiger partial charge in [-0.1, -0.05) is 17.7 Å². The molecule has 2 fully saturated rings. The van der Waals surface area contributed by atoms with Gasteiger partial charge in [0, 0.05) is 42.7 Å². The van der Waals surface area contributed by atoms with Crippen LogP contribution in [0.15, 0.2) is 48.8 Å². The number of esters is 1. The molecule has 2 aromatic carbocycles. The van der Waals surface area contributed by atoms with E-state index in [1.54, 1.807) is 31.2 Å². The predicted molar refractivity (Wildman–Crippen MR) is 144 cm³/mol. The molecular weight excluding hydrogens is 529 g/mol. The minimum absolute atomic E-state index is 0.0246. The fourth-order valence-electron chi connectivity index (χ4n) is 4.32. The molecule has 2 atom stereocenters. The van der Waals surface area contributed by atoms with Crippen molar-refractivity contribution in [1.82, 2.24) is 14.9 Å². The second-order valence-electron chi connectivity index (χ2n) is 9.18. The number of morpholine rings is 1. The van der Waals surface area contributed by atoms with Crippen LogP contribution < -0.4 is 15.4 Å². The van der Waals surface area contributed by atoms with E-state index in [1.807, 2.05) is 4.90 Å². The minimum atomic E-state index is -0.528. The summed E-state index contributed by atoms with van der Waals surface area (Å²) in [5, 5.41) is 6.60. The van der Waals surface area contributed by atoms with Gasteiger partial charge in [-0.25, -0.2) is 14.4 Å². The van der Waals surface area contributed by atoms with Crippen molar-refractivity contribution in [2.24, 2.45) is 0 Å². The number of cyclic esters (lactones) is 1. The molecule has 0 aliphatic carbocycles. The summed E-state index contributed by atoms with van der Waals surface area (Å²) in [5.41, 5.74) is 1.54. The van der Waals surface area contributed by atoms with Gasteiger partial charge >= 0.3 is 5.97 Å². The fourth-order valence-corrected chi connectivity index (χ4v) is 4.50. The Balaban J connectivity index is 1.40. The number of fused-ring (bicyclic) bond motifs is 1. The largest absolute Gasteiger partial charge is 0.486 e. The fraction of sp³-hybridized carbons (Fsp3) is 0.333. The molecule has 10 nitrogen and oxygen atoms in total. The molecule has 0 spiro atoms. The minimum Gasteiger partial charge on any atom is -0.486 e. The van der Waals surface area contributed by atoms with E-state index in [4.69, 9.17) is 25.8 Å². The Kier molecular flexibility index (Phi) is 8.20. The third kappa shape index (κ3) is 6.44. The number of carbonyl (C=O) groups is 2. The molecule has 3 aromatic rings. The van der Waals surface area contributed by atoms with Crippen LogP contribution >= 0.6 is 11.6 Å². The van der Waals surface area contributed by atoms with E-state index < -0.39 is 5.82 Å². The van der Waals surface area contributed by atoms with Gasteiger partial charge in [0.05, 0.1) is 29.4 Å². The molecule has 204 valence electrons. The van der Waals surface area contributed by atoms with Gasteiger partial charge < -0.3 is 24.8 Å². The Morgan fingerprint density at radius 2 is 2.15 bits per heavy atom. The first-order chi connectivity index (χ1) is 18.9. The maximum atomic E-state index is 13.6. The highest BCUT2D eigenvalue weighted by Gasteiger charge is 2.26. The summed E-state index contributed by atoms with van der Waals surface area (Å²) in [4.78, 5) is 35.3. The lowest BCUT2D eigenvalue weighted by molar-refractivity contribution is -0.155. The quantitative estimate of drug-likeness (QED) is 0.313. The molecule has 2 saturated heterocycles. The van der Waals surface area contributed by atoms with E-state index in [-0.39, 0.29) is 29.0 Å². The van der Waals surface area contributed by atoms with Crippen LogP contribution in [0.3, 0.4) is 0 Å². The number of carbonyl (C=O) groups excluding carboxylic acids is 2. The number of anilines is 3. The average Bonchev–Trinajstić information content (AvgIpc) is 3.42. The standard InChI is InChI=1S/C27H27ClFN5O5/c1-16-27(36)38-10-8-34(16)7-2-3-25(35)33-23-12-19-22(13-24(23)39-18-6-9-37-14-18)30-15-31-26(19)32-17-4-5-21(29)20(28)11-17/h2-5,11-13,15-16,18H,6-10,14H2,1H3,(H,33,35)(H,30,31,32)/b3-2+/t16-,18+/m0/s1. The number of nitrogens with one attached hydrogen (secondary N) is 2. The topological polar surface area (TPSA) is 115 Å². The van der Waals surface area contributed by atoms with E-state index in [2.05, 4.69) is 20.6 Å². The van der Waals surface area contributed by atoms with Gasteiger partial charge in [-0.15, -0.1) is 0 Å². The van der Waals surface area contributed by atoms with Crippen LogP contribution in [0.2, 0.25) is 5.02 Å². The van der Waals surface area contributed by atoms with Crippen molar-refractivity contribution >= 4 is 51.6 Å². The lowest BCUT2D eigenvalue weighted by Gasteiger charge is -2.30. The molecule has 39 heavy (non-hydrogen) atoms. The monoisotopic (exact) mass is 555 g/mol. The molecule has 1 aromatic heterocycles. The number of hydrogen-bond donors (Lipinski definition) is 2. The maximum Gasteiger partial charge on any atom is 0.323 e. The van der Waals surface area contributed by atoms with Crippen molar-refractivity contribution in [3.05, 3.63) is 59.7 Å². The van der Waals surface area contributed by atoms with Crippen molar-refractivity contribution < 1.29 is 28.2 Å². The SMILES string of the molecule is C[C@H]1C(=O)OCCN1C/C=C/C(=O)Nc1cc2c(Nc3ccc(F)c(Cl)c3)ncnc2cc1O[C@@H]1CCOC1. The molecule has 2 aliphatic heterocycles. The van der Waals surface area contributed by atoms with Crippen LogP contribution in [0.1, 0.15) is 13.3 Å². The summed E-state index contributed by atoms with van der Waals surface area (Å²) in [7, 11) is 0. The molecular formula is C27H27ClFN5O5. The van der Waals surface area contributed by atoms with Crippen molar-refractivity contribution in [2.75, 3.05) is 43.5 Å². The summed E-state index contributed by atoms with van der Waals surface area (Å²) >= 11 is 5.93. The van der Waals surface area contributed by atoms with Gasteiger partial charge in [-0.05, 0) is 31.2 Å². The first kappa shape index (κ1) is 26.8. The highest BCUT2D eigenvalue weighted by Crippen LogP contribution is 2.35. The third-order valence-electron chi connectivity index (χ3n) is 6.48. The van der Waals surface area contributed by atoms with E-state index >= 15 is 0 Å². The van der Waals surface area contributed by atoms with Crippen LogP contribution in [0.25, 0.3) is 10.9 Å². The number of benzene rings is 2. The van der Waals surface area contributed by atoms with Gasteiger partial charge in [-0.2, -0.15) is 0 Å². The number of ether oxygens (including phenoxy) is 3.